The SMILES string of the molecule is CCOC1=NN(c2ccccc2)C(=O)C1=C1Sc2c(OC(C)=O)c3c(c(OC(C)=O)c2S1)SC(=C1C(=O)N(c2ccccc2)N=C1OCC)S3. The number of para-hydroxylation sites is 2. The van der Waals surface area contributed by atoms with E-state index >= 15 is 0 Å². The third-order valence-corrected chi connectivity index (χ3v) is 12.3. The van der Waals surface area contributed by atoms with Crippen LogP contribution in [0, 0.1) is 0 Å². The molecule has 0 unspecified atom stereocenters. The fourth-order valence-corrected chi connectivity index (χ4v) is 10.7. The van der Waals surface area contributed by atoms with Gasteiger partial charge in [-0.1, -0.05) is 83.4 Å². The minimum atomic E-state index is -0.583. The number of rotatable bonds is 6. The first-order chi connectivity index (χ1) is 24.2. The molecule has 16 heteroatoms. The number of fused-ring (bicyclic) bond motifs is 2. The molecule has 254 valence electrons. The molecule has 4 aliphatic rings. The summed E-state index contributed by atoms with van der Waals surface area (Å²) in [5.74, 6) is -1.28. The molecule has 0 fully saturated rings. The van der Waals surface area contributed by atoms with Crippen LogP contribution in [-0.4, -0.2) is 48.8 Å². The Kier molecular flexibility index (Phi) is 9.43. The molecule has 2 amide bonds. The van der Waals surface area contributed by atoms with Crippen molar-refractivity contribution in [2.24, 2.45) is 10.2 Å². The van der Waals surface area contributed by atoms with E-state index in [9.17, 15) is 19.2 Å². The molecule has 0 radical (unpaired) electrons. The van der Waals surface area contributed by atoms with Gasteiger partial charge in [-0.25, -0.2) is 0 Å². The summed E-state index contributed by atoms with van der Waals surface area (Å²) in [6, 6.07) is 17.9. The predicted molar refractivity (Wildman–Crippen MR) is 193 cm³/mol. The van der Waals surface area contributed by atoms with Gasteiger partial charge in [-0.2, -0.15) is 10.0 Å². The summed E-state index contributed by atoms with van der Waals surface area (Å²) in [4.78, 5) is 54.8. The van der Waals surface area contributed by atoms with Gasteiger partial charge in [-0.3, -0.25) is 19.2 Å². The lowest BCUT2D eigenvalue weighted by atomic mass is 10.2. The molecule has 3 aromatic carbocycles. The zero-order valence-corrected chi connectivity index (χ0v) is 30.1. The molecule has 0 bridgehead atoms. The van der Waals surface area contributed by atoms with Gasteiger partial charge in [0, 0.05) is 13.8 Å². The molecule has 12 nitrogen and oxygen atoms in total. The Bertz CT molecular complexity index is 1910. The fourth-order valence-electron chi connectivity index (χ4n) is 5.16. The van der Waals surface area contributed by atoms with Gasteiger partial charge in [0.1, 0.15) is 11.1 Å². The second-order valence-electron chi connectivity index (χ2n) is 10.5. The molecule has 0 spiro atoms. The van der Waals surface area contributed by atoms with Gasteiger partial charge in [0.25, 0.3) is 11.8 Å². The van der Waals surface area contributed by atoms with Gasteiger partial charge in [-0.15, -0.1) is 10.2 Å². The van der Waals surface area contributed by atoms with Gasteiger partial charge < -0.3 is 18.9 Å². The average molecular weight is 747 g/mol. The monoisotopic (exact) mass is 746 g/mol. The molecule has 4 heterocycles. The third-order valence-electron chi connectivity index (χ3n) is 7.10. The molecular weight excluding hydrogens is 721 g/mol. The second-order valence-corrected chi connectivity index (χ2v) is 15.1. The minimum absolute atomic E-state index is 0.140. The highest BCUT2D eigenvalue weighted by molar-refractivity contribution is 8.26. The number of hydrazone groups is 2. The highest BCUT2D eigenvalue weighted by Crippen LogP contribution is 2.69. The Balaban J connectivity index is 1.35. The first kappa shape index (κ1) is 33.8. The van der Waals surface area contributed by atoms with E-state index in [0.29, 0.717) is 39.4 Å². The number of nitrogens with zero attached hydrogens (tertiary/aromatic N) is 4. The summed E-state index contributed by atoms with van der Waals surface area (Å²) in [5, 5.41) is 11.5. The van der Waals surface area contributed by atoms with E-state index in [4.69, 9.17) is 18.9 Å². The first-order valence-electron chi connectivity index (χ1n) is 15.2. The lowest BCUT2D eigenvalue weighted by Crippen LogP contribution is -2.22. The van der Waals surface area contributed by atoms with Crippen molar-refractivity contribution in [2.75, 3.05) is 23.2 Å². The Morgan fingerprint density at radius 1 is 0.600 bits per heavy atom. The Labute approximate surface area is 303 Å². The smallest absolute Gasteiger partial charge is 0.308 e. The van der Waals surface area contributed by atoms with Crippen LogP contribution in [0.1, 0.15) is 27.7 Å². The first-order valence-corrected chi connectivity index (χ1v) is 18.5. The molecule has 50 heavy (non-hydrogen) atoms. The second kappa shape index (κ2) is 13.9. The molecule has 0 saturated carbocycles. The molecule has 0 saturated heterocycles. The summed E-state index contributed by atoms with van der Waals surface area (Å²) in [6.07, 6.45) is 0. The van der Waals surface area contributed by atoms with Crippen molar-refractivity contribution in [2.45, 2.75) is 47.3 Å². The summed E-state index contributed by atoms with van der Waals surface area (Å²) < 4.78 is 24.4. The summed E-state index contributed by atoms with van der Waals surface area (Å²) in [5.41, 5.74) is 1.57. The maximum absolute atomic E-state index is 13.9. The summed E-state index contributed by atoms with van der Waals surface area (Å²) in [6.45, 7) is 6.68. The molecule has 0 atom stereocenters. The lowest BCUT2D eigenvalue weighted by molar-refractivity contribution is -0.133. The van der Waals surface area contributed by atoms with E-state index in [2.05, 4.69) is 10.2 Å². The van der Waals surface area contributed by atoms with Crippen molar-refractivity contribution >= 4 is 94.0 Å². The largest absolute Gasteiger partial charge is 0.476 e. The van der Waals surface area contributed by atoms with Gasteiger partial charge in [0.05, 0.1) is 52.6 Å². The van der Waals surface area contributed by atoms with Crippen LogP contribution in [0.4, 0.5) is 11.4 Å². The molecular formula is C34H26N4O8S4. The van der Waals surface area contributed by atoms with E-state index in [1.165, 1.54) is 70.9 Å². The maximum atomic E-state index is 13.9. The standard InChI is InChI=1S/C34H26N4O8S4/c1-5-43-29-21(31(41)37(35-29)19-13-9-7-10-14-19)33-47-25-23(45-17(3)39)27-28(24(26(25)48-33)46-18(4)40)50-34(49-27)22-30(44-6-2)36-38(32(22)42)20-15-11-8-12-16-20/h7-16H,5-6H2,1-4H3. The van der Waals surface area contributed by atoms with Gasteiger partial charge in [-0.05, 0) is 38.1 Å². The molecule has 7 rings (SSSR count). The maximum Gasteiger partial charge on any atom is 0.308 e. The van der Waals surface area contributed by atoms with Crippen LogP contribution in [0.15, 0.2) is 110 Å². The number of hydrogen-bond donors (Lipinski definition) is 0. The van der Waals surface area contributed by atoms with Crippen LogP contribution >= 0.6 is 47.0 Å². The number of hydrogen-bond acceptors (Lipinski definition) is 14. The zero-order chi connectivity index (χ0) is 35.1. The van der Waals surface area contributed by atoms with Crippen molar-refractivity contribution in [3.8, 4) is 11.5 Å². The lowest BCUT2D eigenvalue weighted by Gasteiger charge is -2.15. The van der Waals surface area contributed by atoms with Crippen LogP contribution in [0.25, 0.3) is 0 Å². The molecule has 4 aliphatic heterocycles. The molecule has 0 aromatic heterocycles. The number of amides is 2. The molecule has 0 N–H and O–H groups in total. The van der Waals surface area contributed by atoms with Crippen molar-refractivity contribution in [1.29, 1.82) is 0 Å². The minimum Gasteiger partial charge on any atom is -0.476 e. The van der Waals surface area contributed by atoms with E-state index in [1.807, 2.05) is 12.1 Å². The molecule has 0 aliphatic carbocycles. The van der Waals surface area contributed by atoms with Crippen LogP contribution < -0.4 is 19.5 Å². The van der Waals surface area contributed by atoms with Crippen molar-refractivity contribution in [3.05, 3.63) is 80.3 Å². The Morgan fingerprint density at radius 3 is 1.24 bits per heavy atom. The van der Waals surface area contributed by atoms with Crippen molar-refractivity contribution in [3.63, 3.8) is 0 Å². The van der Waals surface area contributed by atoms with E-state index in [1.54, 1.807) is 62.4 Å². The number of anilines is 2. The van der Waals surface area contributed by atoms with E-state index in [0.717, 1.165) is 0 Å². The highest BCUT2D eigenvalue weighted by atomic mass is 32.2. The number of esters is 2. The normalized spacial score (nSPS) is 16.5. The quantitative estimate of drug-likeness (QED) is 0.144. The van der Waals surface area contributed by atoms with Gasteiger partial charge >= 0.3 is 11.9 Å². The molecule has 3 aromatic rings. The van der Waals surface area contributed by atoms with Gasteiger partial charge in [0.2, 0.25) is 11.8 Å². The number of carbonyl (C=O) groups excluding carboxylic acids is 4. The summed E-state index contributed by atoms with van der Waals surface area (Å²) >= 11 is 4.74. The Morgan fingerprint density at radius 2 is 0.940 bits per heavy atom. The number of carbonyl (C=O) groups is 4. The number of ether oxygens (including phenoxy) is 4. The van der Waals surface area contributed by atoms with Crippen molar-refractivity contribution < 1.29 is 38.1 Å². The van der Waals surface area contributed by atoms with E-state index in [-0.39, 0.29) is 47.7 Å². The average Bonchev–Trinajstić information content (AvgIpc) is 3.87. The van der Waals surface area contributed by atoms with E-state index < -0.39 is 23.8 Å². The number of thioether (sulfide) groups is 4. The number of benzene rings is 3. The van der Waals surface area contributed by atoms with Crippen LogP contribution in [0.3, 0.4) is 0 Å². The van der Waals surface area contributed by atoms with Crippen LogP contribution in [0.5, 0.6) is 11.5 Å². The topological polar surface area (TPSA) is 136 Å². The fraction of sp³-hybridized carbons (Fsp3) is 0.176. The van der Waals surface area contributed by atoms with Gasteiger partial charge in [0.15, 0.2) is 11.5 Å². The third kappa shape index (κ3) is 6.05. The van der Waals surface area contributed by atoms with Crippen LogP contribution in [0.2, 0.25) is 0 Å². The zero-order valence-electron chi connectivity index (χ0n) is 26.9. The highest BCUT2D eigenvalue weighted by Gasteiger charge is 2.45. The predicted octanol–water partition coefficient (Wildman–Crippen LogP) is 7.15. The Hall–Kier alpha value is -4.64. The van der Waals surface area contributed by atoms with Crippen molar-refractivity contribution in [1.82, 2.24) is 0 Å². The van der Waals surface area contributed by atoms with Crippen LogP contribution in [-0.2, 0) is 28.7 Å². The summed E-state index contributed by atoms with van der Waals surface area (Å²) in [7, 11) is 0.